The Balaban J connectivity index is 1.27. The van der Waals surface area contributed by atoms with Crippen LogP contribution in [0.5, 0.6) is 11.6 Å². The largest absolute Gasteiger partial charge is 0.497 e. The number of methoxy groups -OCH3 is 1. The zero-order valence-electron chi connectivity index (χ0n) is 17.6. The minimum absolute atomic E-state index is 0.0166. The van der Waals surface area contributed by atoms with Gasteiger partial charge in [-0.2, -0.15) is 4.52 Å². The van der Waals surface area contributed by atoms with Crippen LogP contribution < -0.4 is 14.8 Å². The van der Waals surface area contributed by atoms with Crippen LogP contribution in [0.15, 0.2) is 66.7 Å². The second-order valence-corrected chi connectivity index (χ2v) is 7.86. The van der Waals surface area contributed by atoms with Crippen molar-refractivity contribution in [1.29, 1.82) is 0 Å². The second kappa shape index (κ2) is 10.6. The molecule has 0 saturated heterocycles. The Morgan fingerprint density at radius 2 is 1.94 bits per heavy atom. The summed E-state index contributed by atoms with van der Waals surface area (Å²) >= 11 is 1.58. The van der Waals surface area contributed by atoms with Gasteiger partial charge in [0, 0.05) is 17.4 Å². The normalized spacial score (nSPS) is 10.8. The van der Waals surface area contributed by atoms with Crippen molar-refractivity contribution in [2.24, 2.45) is 0 Å². The molecule has 4 rings (SSSR count). The number of hydrogen-bond donors (Lipinski definition) is 1. The fourth-order valence-corrected chi connectivity index (χ4v) is 3.84. The van der Waals surface area contributed by atoms with Gasteiger partial charge in [0.25, 0.3) is 0 Å². The van der Waals surface area contributed by atoms with Crippen molar-refractivity contribution in [2.75, 3.05) is 26.0 Å². The first kappa shape index (κ1) is 21.6. The molecule has 0 radical (unpaired) electrons. The van der Waals surface area contributed by atoms with Gasteiger partial charge >= 0.3 is 0 Å². The van der Waals surface area contributed by atoms with Gasteiger partial charge in [0.05, 0.1) is 19.4 Å². The lowest BCUT2D eigenvalue weighted by Gasteiger charge is -2.08. The smallest absolute Gasteiger partial charge is 0.231 e. The molecule has 0 aliphatic heterocycles. The zero-order chi connectivity index (χ0) is 22.2. The number of carbonyl (C=O) groups excluding carboxylic acids is 1. The third-order valence-corrected chi connectivity index (χ3v) is 5.59. The summed E-state index contributed by atoms with van der Waals surface area (Å²) in [7, 11) is 1.62. The molecule has 0 fully saturated rings. The third kappa shape index (κ3) is 5.55. The highest BCUT2D eigenvalue weighted by molar-refractivity contribution is 7.99. The van der Waals surface area contributed by atoms with E-state index in [1.165, 1.54) is 5.56 Å². The van der Waals surface area contributed by atoms with Gasteiger partial charge in [-0.15, -0.1) is 27.1 Å². The monoisotopic (exact) mass is 449 g/mol. The van der Waals surface area contributed by atoms with Crippen LogP contribution >= 0.6 is 11.8 Å². The van der Waals surface area contributed by atoms with Crippen molar-refractivity contribution in [1.82, 2.24) is 25.1 Å². The molecule has 0 unspecified atom stereocenters. The van der Waals surface area contributed by atoms with E-state index in [9.17, 15) is 4.79 Å². The maximum atomic E-state index is 12.0. The van der Waals surface area contributed by atoms with Crippen molar-refractivity contribution in [2.45, 2.75) is 5.75 Å². The first-order valence-electron chi connectivity index (χ1n) is 10.1. The van der Waals surface area contributed by atoms with Gasteiger partial charge in [-0.05, 0) is 23.8 Å². The van der Waals surface area contributed by atoms with E-state index in [1.54, 1.807) is 35.5 Å². The molecule has 9 heteroatoms. The number of thioether (sulfide) groups is 1. The lowest BCUT2D eigenvalue weighted by molar-refractivity contribution is -0.118. The van der Waals surface area contributed by atoms with Crippen LogP contribution in [0.4, 0.5) is 0 Å². The van der Waals surface area contributed by atoms with Crippen LogP contribution in [0.1, 0.15) is 5.56 Å². The molecule has 4 aromatic rings. The number of carbonyl (C=O) groups is 1. The number of nitrogens with one attached hydrogen (secondary N) is 1. The van der Waals surface area contributed by atoms with E-state index in [0.29, 0.717) is 36.3 Å². The van der Waals surface area contributed by atoms with Crippen LogP contribution in [0.2, 0.25) is 0 Å². The average Bonchev–Trinajstić information content (AvgIpc) is 3.26. The van der Waals surface area contributed by atoms with Crippen molar-refractivity contribution >= 4 is 23.3 Å². The highest BCUT2D eigenvalue weighted by Crippen LogP contribution is 2.23. The fraction of sp³-hybridized carbons (Fsp3) is 0.217. The summed E-state index contributed by atoms with van der Waals surface area (Å²) in [6.07, 6.45) is 0. The summed E-state index contributed by atoms with van der Waals surface area (Å²) in [5, 5.41) is 15.7. The quantitative estimate of drug-likeness (QED) is 0.372. The molecule has 0 bridgehead atoms. The van der Waals surface area contributed by atoms with Gasteiger partial charge in [-0.3, -0.25) is 4.79 Å². The Morgan fingerprint density at radius 3 is 2.78 bits per heavy atom. The Kier molecular flexibility index (Phi) is 7.19. The maximum absolute atomic E-state index is 12.0. The van der Waals surface area contributed by atoms with Crippen LogP contribution in [-0.4, -0.2) is 51.7 Å². The molecular weight excluding hydrogens is 426 g/mol. The van der Waals surface area contributed by atoms with E-state index in [-0.39, 0.29) is 5.91 Å². The first-order valence-corrected chi connectivity index (χ1v) is 11.3. The molecule has 0 aliphatic rings. The molecule has 8 nitrogen and oxygen atoms in total. The predicted octanol–water partition coefficient (Wildman–Crippen LogP) is 3.23. The molecule has 0 saturated carbocycles. The Hall–Kier alpha value is -3.59. The molecule has 2 heterocycles. The molecule has 0 aliphatic carbocycles. The molecule has 0 atom stereocenters. The number of fused-ring (bicyclic) bond motifs is 1. The summed E-state index contributed by atoms with van der Waals surface area (Å²) < 4.78 is 12.6. The van der Waals surface area contributed by atoms with Crippen molar-refractivity contribution in [3.8, 4) is 23.0 Å². The SMILES string of the molecule is COc1cccc(-c2nnc3ccc(OCCNC(=O)CSCc4ccccc4)nn23)c1. The van der Waals surface area contributed by atoms with Gasteiger partial charge in [0.15, 0.2) is 11.5 Å². The number of rotatable bonds is 10. The van der Waals surface area contributed by atoms with Gasteiger partial charge < -0.3 is 14.8 Å². The molecule has 32 heavy (non-hydrogen) atoms. The van der Waals surface area contributed by atoms with Crippen molar-refractivity contribution < 1.29 is 14.3 Å². The average molecular weight is 450 g/mol. The van der Waals surface area contributed by atoms with E-state index in [0.717, 1.165) is 17.1 Å². The summed E-state index contributed by atoms with van der Waals surface area (Å²) in [6, 6.07) is 21.1. The Morgan fingerprint density at radius 1 is 1.06 bits per heavy atom. The fourth-order valence-electron chi connectivity index (χ4n) is 3.02. The zero-order valence-corrected chi connectivity index (χ0v) is 18.4. The van der Waals surface area contributed by atoms with Crippen LogP contribution in [0, 0.1) is 0 Å². The van der Waals surface area contributed by atoms with E-state index < -0.39 is 0 Å². The molecule has 2 aromatic heterocycles. The third-order valence-electron chi connectivity index (χ3n) is 4.59. The molecule has 2 aromatic carbocycles. The highest BCUT2D eigenvalue weighted by atomic mass is 32.2. The summed E-state index contributed by atoms with van der Waals surface area (Å²) in [6.45, 7) is 0.708. The second-order valence-electron chi connectivity index (χ2n) is 6.87. The van der Waals surface area contributed by atoms with Crippen LogP contribution in [0.25, 0.3) is 17.0 Å². The minimum atomic E-state index is -0.0166. The minimum Gasteiger partial charge on any atom is -0.497 e. The Labute approximate surface area is 190 Å². The molecule has 164 valence electrons. The summed E-state index contributed by atoms with van der Waals surface area (Å²) in [4.78, 5) is 12.0. The van der Waals surface area contributed by atoms with E-state index in [1.807, 2.05) is 42.5 Å². The number of nitrogens with zero attached hydrogens (tertiary/aromatic N) is 4. The lowest BCUT2D eigenvalue weighted by Crippen LogP contribution is -2.29. The van der Waals surface area contributed by atoms with Gasteiger partial charge in [0.2, 0.25) is 11.8 Å². The van der Waals surface area contributed by atoms with Gasteiger partial charge in [0.1, 0.15) is 12.4 Å². The van der Waals surface area contributed by atoms with E-state index in [2.05, 4.69) is 32.7 Å². The van der Waals surface area contributed by atoms with E-state index in [4.69, 9.17) is 9.47 Å². The standard InChI is InChI=1S/C23H23N5O3S/c1-30-19-9-5-8-18(14-19)23-26-25-20-10-11-22(27-28(20)23)31-13-12-24-21(29)16-32-15-17-6-3-2-4-7-17/h2-11,14H,12-13,15-16H2,1H3,(H,24,29). The topological polar surface area (TPSA) is 90.6 Å². The predicted molar refractivity (Wildman–Crippen MR) is 124 cm³/mol. The number of aromatic nitrogens is 4. The molecular formula is C23H23N5O3S. The lowest BCUT2D eigenvalue weighted by atomic mass is 10.2. The Bertz CT molecular complexity index is 1180. The van der Waals surface area contributed by atoms with Crippen LogP contribution in [0.3, 0.4) is 0 Å². The van der Waals surface area contributed by atoms with Gasteiger partial charge in [-0.1, -0.05) is 42.5 Å². The van der Waals surface area contributed by atoms with E-state index >= 15 is 0 Å². The first-order chi connectivity index (χ1) is 15.7. The van der Waals surface area contributed by atoms with Crippen molar-refractivity contribution in [3.63, 3.8) is 0 Å². The molecule has 1 amide bonds. The maximum Gasteiger partial charge on any atom is 0.231 e. The van der Waals surface area contributed by atoms with Gasteiger partial charge in [-0.25, -0.2) is 0 Å². The van der Waals surface area contributed by atoms with Crippen molar-refractivity contribution in [3.05, 3.63) is 72.3 Å². The molecule has 0 spiro atoms. The summed E-state index contributed by atoms with van der Waals surface area (Å²) in [5.41, 5.74) is 2.65. The number of ether oxygens (including phenoxy) is 2. The number of hydrogen-bond acceptors (Lipinski definition) is 7. The number of amides is 1. The highest BCUT2D eigenvalue weighted by Gasteiger charge is 2.11. The van der Waals surface area contributed by atoms with Crippen LogP contribution in [-0.2, 0) is 10.5 Å². The summed E-state index contributed by atoms with van der Waals surface area (Å²) in [5.74, 6) is 2.94. The molecule has 1 N–H and O–H groups in total. The number of benzene rings is 2.